The zero-order valence-electron chi connectivity index (χ0n) is 8.87. The number of benzene rings is 1. The van der Waals surface area contributed by atoms with Crippen molar-refractivity contribution < 1.29 is 0 Å². The molecule has 2 rings (SSSR count). The maximum absolute atomic E-state index is 4.42. The summed E-state index contributed by atoms with van der Waals surface area (Å²) < 4.78 is 1.92. The van der Waals surface area contributed by atoms with Crippen LogP contribution >= 0.6 is 15.9 Å². The lowest BCUT2D eigenvalue weighted by molar-refractivity contribution is 0.854. The van der Waals surface area contributed by atoms with Crippen molar-refractivity contribution in [3.8, 4) is 5.69 Å². The van der Waals surface area contributed by atoms with Gasteiger partial charge in [-0.25, -0.2) is 4.68 Å². The maximum atomic E-state index is 4.42. The summed E-state index contributed by atoms with van der Waals surface area (Å²) in [7, 11) is 0. The van der Waals surface area contributed by atoms with Gasteiger partial charge in [0, 0.05) is 11.5 Å². The number of hydrogen-bond acceptors (Lipinski definition) is 1. The van der Waals surface area contributed by atoms with Crippen LogP contribution in [0.4, 0.5) is 0 Å². The quantitative estimate of drug-likeness (QED) is 0.761. The normalized spacial score (nSPS) is 10.6. The zero-order chi connectivity index (χ0) is 10.8. The third kappa shape index (κ3) is 2.12. The van der Waals surface area contributed by atoms with E-state index in [0.29, 0.717) is 0 Å². The van der Waals surface area contributed by atoms with Gasteiger partial charge in [0.2, 0.25) is 0 Å². The minimum absolute atomic E-state index is 0.850. The van der Waals surface area contributed by atoms with E-state index in [-0.39, 0.29) is 0 Å². The Labute approximate surface area is 98.1 Å². The Bertz CT molecular complexity index is 474. The number of alkyl halides is 1. The standard InChI is InChI=1S/C12H13BrN2/c1-9-3-4-12(11(7-9)8-13)15-6-5-10(2)14-15/h3-7H,8H2,1-2H3. The Morgan fingerprint density at radius 1 is 1.27 bits per heavy atom. The van der Waals surface area contributed by atoms with Gasteiger partial charge in [0.15, 0.2) is 0 Å². The molecule has 0 N–H and O–H groups in total. The topological polar surface area (TPSA) is 17.8 Å². The molecule has 0 bridgehead atoms. The molecule has 0 atom stereocenters. The Morgan fingerprint density at radius 3 is 2.67 bits per heavy atom. The fourth-order valence-corrected chi connectivity index (χ4v) is 2.04. The summed E-state index contributed by atoms with van der Waals surface area (Å²) in [4.78, 5) is 0. The predicted molar refractivity (Wildman–Crippen MR) is 65.7 cm³/mol. The van der Waals surface area contributed by atoms with E-state index in [1.165, 1.54) is 11.1 Å². The van der Waals surface area contributed by atoms with E-state index >= 15 is 0 Å². The molecule has 78 valence electrons. The van der Waals surface area contributed by atoms with E-state index in [9.17, 15) is 0 Å². The predicted octanol–water partition coefficient (Wildman–Crippen LogP) is 3.38. The Morgan fingerprint density at radius 2 is 2.07 bits per heavy atom. The summed E-state index contributed by atoms with van der Waals surface area (Å²) in [6, 6.07) is 8.41. The third-order valence-corrected chi connectivity index (χ3v) is 2.95. The van der Waals surface area contributed by atoms with Gasteiger partial charge in [0.1, 0.15) is 0 Å². The van der Waals surface area contributed by atoms with Crippen molar-refractivity contribution in [2.45, 2.75) is 19.2 Å². The van der Waals surface area contributed by atoms with Gasteiger partial charge in [-0.3, -0.25) is 0 Å². The molecule has 0 unspecified atom stereocenters. The summed E-state index contributed by atoms with van der Waals surface area (Å²) in [6.45, 7) is 4.10. The van der Waals surface area contributed by atoms with E-state index in [1.807, 2.05) is 23.9 Å². The molecule has 0 saturated heterocycles. The molecule has 1 aromatic carbocycles. The summed E-state index contributed by atoms with van der Waals surface area (Å²) in [5.74, 6) is 0. The van der Waals surface area contributed by atoms with Crippen LogP contribution in [0.5, 0.6) is 0 Å². The van der Waals surface area contributed by atoms with Gasteiger partial charge in [-0.15, -0.1) is 0 Å². The fourth-order valence-electron chi connectivity index (χ4n) is 1.59. The Balaban J connectivity index is 2.52. The number of aryl methyl sites for hydroxylation is 2. The summed E-state index contributed by atoms with van der Waals surface area (Å²) in [5, 5.41) is 5.27. The molecule has 0 spiro atoms. The van der Waals surface area contributed by atoms with Crippen LogP contribution < -0.4 is 0 Å². The molecule has 0 fully saturated rings. The minimum Gasteiger partial charge on any atom is -0.240 e. The summed E-state index contributed by atoms with van der Waals surface area (Å²) in [6.07, 6.45) is 1.99. The highest BCUT2D eigenvalue weighted by molar-refractivity contribution is 9.08. The highest BCUT2D eigenvalue weighted by Gasteiger charge is 2.04. The molecule has 1 aromatic heterocycles. The molecular formula is C12H13BrN2. The lowest BCUT2D eigenvalue weighted by Gasteiger charge is -2.08. The summed E-state index contributed by atoms with van der Waals surface area (Å²) in [5.41, 5.74) is 4.72. The van der Waals surface area contributed by atoms with Gasteiger partial charge < -0.3 is 0 Å². The first-order valence-electron chi connectivity index (χ1n) is 4.89. The van der Waals surface area contributed by atoms with Crippen molar-refractivity contribution in [3.63, 3.8) is 0 Å². The fraction of sp³-hybridized carbons (Fsp3) is 0.250. The second-order valence-corrected chi connectivity index (χ2v) is 4.23. The van der Waals surface area contributed by atoms with Crippen molar-refractivity contribution in [2.24, 2.45) is 0 Å². The molecule has 0 aliphatic carbocycles. The van der Waals surface area contributed by atoms with Crippen LogP contribution in [0.25, 0.3) is 5.69 Å². The van der Waals surface area contributed by atoms with Crippen LogP contribution in [0.2, 0.25) is 0 Å². The van der Waals surface area contributed by atoms with Crippen molar-refractivity contribution in [2.75, 3.05) is 0 Å². The van der Waals surface area contributed by atoms with E-state index < -0.39 is 0 Å². The molecule has 2 nitrogen and oxygen atoms in total. The number of aromatic nitrogens is 2. The van der Waals surface area contributed by atoms with Crippen LogP contribution in [0.3, 0.4) is 0 Å². The Hall–Kier alpha value is -1.09. The SMILES string of the molecule is Cc1ccc(-n2ccc(C)n2)c(CBr)c1. The largest absolute Gasteiger partial charge is 0.240 e. The highest BCUT2D eigenvalue weighted by Crippen LogP contribution is 2.18. The molecule has 0 amide bonds. The van der Waals surface area contributed by atoms with Crippen molar-refractivity contribution in [1.29, 1.82) is 0 Å². The van der Waals surface area contributed by atoms with E-state index in [4.69, 9.17) is 0 Å². The van der Waals surface area contributed by atoms with Gasteiger partial charge in [-0.2, -0.15) is 5.10 Å². The number of rotatable bonds is 2. The average molecular weight is 265 g/mol. The number of nitrogens with zero attached hydrogens (tertiary/aromatic N) is 2. The monoisotopic (exact) mass is 264 g/mol. The zero-order valence-corrected chi connectivity index (χ0v) is 10.5. The second-order valence-electron chi connectivity index (χ2n) is 3.67. The number of halogens is 1. The van der Waals surface area contributed by atoms with Gasteiger partial charge >= 0.3 is 0 Å². The Kier molecular flexibility index (Phi) is 2.91. The van der Waals surface area contributed by atoms with E-state index in [0.717, 1.165) is 16.7 Å². The first-order chi connectivity index (χ1) is 7.20. The average Bonchev–Trinajstić information content (AvgIpc) is 2.64. The molecular weight excluding hydrogens is 252 g/mol. The molecule has 2 aromatic rings. The second kappa shape index (κ2) is 4.19. The van der Waals surface area contributed by atoms with Crippen LogP contribution in [-0.2, 0) is 5.33 Å². The molecule has 3 heteroatoms. The van der Waals surface area contributed by atoms with Crippen LogP contribution in [-0.4, -0.2) is 9.78 Å². The third-order valence-electron chi connectivity index (χ3n) is 2.35. The number of hydrogen-bond donors (Lipinski definition) is 0. The molecule has 0 aliphatic rings. The van der Waals surface area contributed by atoms with Gasteiger partial charge in [0.25, 0.3) is 0 Å². The smallest absolute Gasteiger partial charge is 0.0686 e. The summed E-state index contributed by atoms with van der Waals surface area (Å²) >= 11 is 3.51. The van der Waals surface area contributed by atoms with Crippen molar-refractivity contribution in [1.82, 2.24) is 9.78 Å². The molecule has 0 saturated carbocycles. The van der Waals surface area contributed by atoms with Crippen molar-refractivity contribution >= 4 is 15.9 Å². The van der Waals surface area contributed by atoms with Crippen LogP contribution in [0.15, 0.2) is 30.5 Å². The van der Waals surface area contributed by atoms with E-state index in [1.54, 1.807) is 0 Å². The van der Waals surface area contributed by atoms with E-state index in [2.05, 4.69) is 46.2 Å². The van der Waals surface area contributed by atoms with Gasteiger partial charge in [-0.1, -0.05) is 33.6 Å². The molecule has 0 aliphatic heterocycles. The lowest BCUT2D eigenvalue weighted by atomic mass is 10.1. The van der Waals surface area contributed by atoms with Crippen molar-refractivity contribution in [3.05, 3.63) is 47.3 Å². The van der Waals surface area contributed by atoms with Gasteiger partial charge in [-0.05, 0) is 31.5 Å². The first kappa shape index (κ1) is 10.4. The van der Waals surface area contributed by atoms with Crippen LogP contribution in [0.1, 0.15) is 16.8 Å². The minimum atomic E-state index is 0.850. The highest BCUT2D eigenvalue weighted by atomic mass is 79.9. The molecule has 0 radical (unpaired) electrons. The van der Waals surface area contributed by atoms with Crippen LogP contribution in [0, 0.1) is 13.8 Å². The maximum Gasteiger partial charge on any atom is 0.0686 e. The first-order valence-corrected chi connectivity index (χ1v) is 6.01. The molecule has 15 heavy (non-hydrogen) atoms. The molecule has 1 heterocycles. The van der Waals surface area contributed by atoms with Gasteiger partial charge in [0.05, 0.1) is 11.4 Å². The lowest BCUT2D eigenvalue weighted by Crippen LogP contribution is -1.99.